The molecule has 2 heterocycles. The van der Waals surface area contributed by atoms with Crippen LogP contribution in [0.4, 0.5) is 0 Å². The van der Waals surface area contributed by atoms with Gasteiger partial charge in [-0.05, 0) is 37.3 Å². The van der Waals surface area contributed by atoms with Gasteiger partial charge in [-0.25, -0.2) is 0 Å². The van der Waals surface area contributed by atoms with Crippen LogP contribution in [-0.2, 0) is 9.53 Å². The summed E-state index contributed by atoms with van der Waals surface area (Å²) in [5.41, 5.74) is -0.452. The van der Waals surface area contributed by atoms with Crippen molar-refractivity contribution in [2.24, 2.45) is 17.3 Å². The molecule has 7 heteroatoms. The van der Waals surface area contributed by atoms with Crippen LogP contribution < -0.4 is 9.47 Å². The van der Waals surface area contributed by atoms with Crippen LogP contribution in [-0.4, -0.2) is 61.9 Å². The quantitative estimate of drug-likeness (QED) is 0.819. The average Bonchev–Trinajstić information content (AvgIpc) is 3.42. The van der Waals surface area contributed by atoms with Gasteiger partial charge in [0.25, 0.3) is 5.91 Å². The molecule has 0 aromatic heterocycles. The number of nitrogens with zero attached hydrogens (tertiary/aromatic N) is 1. The monoisotopic (exact) mass is 375 g/mol. The number of fused-ring (bicyclic) bond motifs is 1. The predicted molar refractivity (Wildman–Crippen MR) is 96.1 cm³/mol. The molecule has 27 heavy (non-hydrogen) atoms. The number of amides is 1. The van der Waals surface area contributed by atoms with Gasteiger partial charge in [0.15, 0.2) is 0 Å². The van der Waals surface area contributed by atoms with E-state index in [4.69, 9.17) is 14.2 Å². The molecule has 2 aliphatic heterocycles. The van der Waals surface area contributed by atoms with E-state index in [0.29, 0.717) is 55.8 Å². The van der Waals surface area contributed by atoms with E-state index in [-0.39, 0.29) is 18.4 Å². The molecule has 1 amide bonds. The van der Waals surface area contributed by atoms with Gasteiger partial charge in [-0.2, -0.15) is 0 Å². The minimum absolute atomic E-state index is 0.179. The topological polar surface area (TPSA) is 85.3 Å². The van der Waals surface area contributed by atoms with E-state index < -0.39 is 11.4 Å². The molecule has 146 valence electrons. The lowest BCUT2D eigenvalue weighted by Gasteiger charge is -2.33. The summed E-state index contributed by atoms with van der Waals surface area (Å²) >= 11 is 0. The fourth-order valence-corrected chi connectivity index (χ4v) is 4.04. The molecule has 3 aliphatic rings. The Morgan fingerprint density at radius 2 is 2.19 bits per heavy atom. The van der Waals surface area contributed by atoms with Crippen molar-refractivity contribution >= 4 is 11.9 Å². The third-order valence-corrected chi connectivity index (χ3v) is 6.01. The van der Waals surface area contributed by atoms with E-state index in [1.165, 1.54) is 0 Å². The van der Waals surface area contributed by atoms with Crippen molar-refractivity contribution in [1.29, 1.82) is 0 Å². The maximum atomic E-state index is 13.2. The fourth-order valence-electron chi connectivity index (χ4n) is 4.04. The van der Waals surface area contributed by atoms with Gasteiger partial charge in [-0.3, -0.25) is 9.59 Å². The van der Waals surface area contributed by atoms with Crippen LogP contribution in [0.15, 0.2) is 18.2 Å². The average molecular weight is 375 g/mol. The van der Waals surface area contributed by atoms with Crippen LogP contribution in [0.2, 0.25) is 0 Å². The SMILES string of the molecule is COc1ccc(C(=O)N2C[C@H]3COCC[C@@]3(C(=O)O)C2)c(OCC2CC2)c1. The number of likely N-dealkylation sites (tertiary alicyclic amines) is 1. The molecule has 0 spiro atoms. The summed E-state index contributed by atoms with van der Waals surface area (Å²) in [6, 6.07) is 5.17. The molecule has 1 aromatic rings. The largest absolute Gasteiger partial charge is 0.497 e. The molecule has 2 atom stereocenters. The van der Waals surface area contributed by atoms with Crippen molar-refractivity contribution in [2.45, 2.75) is 19.3 Å². The number of carbonyl (C=O) groups excluding carboxylic acids is 1. The fraction of sp³-hybridized carbons (Fsp3) is 0.600. The van der Waals surface area contributed by atoms with E-state index >= 15 is 0 Å². The van der Waals surface area contributed by atoms with E-state index in [0.717, 1.165) is 12.8 Å². The van der Waals surface area contributed by atoms with Gasteiger partial charge in [0, 0.05) is 31.7 Å². The molecule has 0 radical (unpaired) electrons. The van der Waals surface area contributed by atoms with Gasteiger partial charge in [-0.1, -0.05) is 0 Å². The van der Waals surface area contributed by atoms with Gasteiger partial charge in [-0.15, -0.1) is 0 Å². The van der Waals surface area contributed by atoms with Crippen molar-refractivity contribution in [1.82, 2.24) is 4.90 Å². The van der Waals surface area contributed by atoms with E-state index in [2.05, 4.69) is 0 Å². The summed E-state index contributed by atoms with van der Waals surface area (Å²) in [4.78, 5) is 26.8. The summed E-state index contributed by atoms with van der Waals surface area (Å²) in [5.74, 6) is 0.470. The Kier molecular flexibility index (Phi) is 4.72. The number of benzene rings is 1. The van der Waals surface area contributed by atoms with E-state index in [9.17, 15) is 14.7 Å². The number of hydrogen-bond acceptors (Lipinski definition) is 5. The number of aliphatic carboxylic acids is 1. The van der Waals surface area contributed by atoms with Crippen LogP contribution in [0, 0.1) is 17.3 Å². The maximum Gasteiger partial charge on any atom is 0.311 e. The second kappa shape index (κ2) is 7.03. The van der Waals surface area contributed by atoms with Gasteiger partial charge >= 0.3 is 5.97 Å². The molecule has 0 unspecified atom stereocenters. The molecule has 0 bridgehead atoms. The highest BCUT2D eigenvalue weighted by atomic mass is 16.5. The molecular weight excluding hydrogens is 350 g/mol. The Bertz CT molecular complexity index is 746. The minimum atomic E-state index is -0.907. The lowest BCUT2D eigenvalue weighted by atomic mass is 9.74. The van der Waals surface area contributed by atoms with Crippen molar-refractivity contribution in [3.05, 3.63) is 23.8 Å². The second-order valence-electron chi connectivity index (χ2n) is 7.79. The van der Waals surface area contributed by atoms with Crippen LogP contribution in [0.3, 0.4) is 0 Å². The Morgan fingerprint density at radius 3 is 2.85 bits per heavy atom. The summed E-state index contributed by atoms with van der Waals surface area (Å²) in [7, 11) is 1.57. The third-order valence-electron chi connectivity index (χ3n) is 6.01. The first-order valence-corrected chi connectivity index (χ1v) is 9.45. The summed E-state index contributed by atoms with van der Waals surface area (Å²) in [6.07, 6.45) is 2.74. The molecule has 1 aromatic carbocycles. The zero-order valence-electron chi connectivity index (χ0n) is 15.5. The van der Waals surface area contributed by atoms with Gasteiger partial charge in [0.2, 0.25) is 0 Å². The van der Waals surface area contributed by atoms with Crippen LogP contribution >= 0.6 is 0 Å². The van der Waals surface area contributed by atoms with Crippen LogP contribution in [0.5, 0.6) is 11.5 Å². The molecule has 2 saturated heterocycles. The normalized spacial score (nSPS) is 27.1. The number of hydrogen-bond donors (Lipinski definition) is 1. The number of carboxylic acid groups (broad SMARTS) is 1. The number of carboxylic acids is 1. The van der Waals surface area contributed by atoms with Gasteiger partial charge < -0.3 is 24.2 Å². The molecule has 1 aliphatic carbocycles. The molecule has 4 rings (SSSR count). The Balaban J connectivity index is 1.57. The van der Waals surface area contributed by atoms with Crippen LogP contribution in [0.25, 0.3) is 0 Å². The third kappa shape index (κ3) is 3.36. The first kappa shape index (κ1) is 18.1. The second-order valence-corrected chi connectivity index (χ2v) is 7.79. The Labute approximate surface area is 158 Å². The van der Waals surface area contributed by atoms with Gasteiger partial charge in [0.1, 0.15) is 11.5 Å². The Hall–Kier alpha value is -2.28. The van der Waals surface area contributed by atoms with E-state index in [1.54, 1.807) is 30.2 Å². The first-order chi connectivity index (χ1) is 13.0. The van der Waals surface area contributed by atoms with E-state index in [1.807, 2.05) is 0 Å². The number of methoxy groups -OCH3 is 1. The standard InChI is InChI=1S/C20H25NO6/c1-25-15-4-5-16(17(8-15)27-10-13-2-3-13)18(22)21-9-14-11-26-7-6-20(14,12-21)19(23)24/h4-5,8,13-14H,2-3,6-7,9-12H2,1H3,(H,23,24)/t14-,20+/m0/s1. The Morgan fingerprint density at radius 1 is 1.37 bits per heavy atom. The van der Waals surface area contributed by atoms with Crippen LogP contribution in [0.1, 0.15) is 29.6 Å². The van der Waals surface area contributed by atoms with Gasteiger partial charge in [0.05, 0.1) is 31.3 Å². The summed E-state index contributed by atoms with van der Waals surface area (Å²) in [5, 5.41) is 9.81. The zero-order chi connectivity index (χ0) is 19.0. The highest BCUT2D eigenvalue weighted by molar-refractivity contribution is 5.98. The molecule has 1 N–H and O–H groups in total. The number of carbonyl (C=O) groups is 2. The lowest BCUT2D eigenvalue weighted by Crippen LogP contribution is -2.45. The minimum Gasteiger partial charge on any atom is -0.497 e. The van der Waals surface area contributed by atoms with Crippen molar-refractivity contribution in [2.75, 3.05) is 40.0 Å². The van der Waals surface area contributed by atoms with Crippen molar-refractivity contribution < 1.29 is 28.9 Å². The molecule has 1 saturated carbocycles. The lowest BCUT2D eigenvalue weighted by molar-refractivity contribution is -0.157. The summed E-state index contributed by atoms with van der Waals surface area (Å²) < 4.78 is 16.6. The van der Waals surface area contributed by atoms with Crippen molar-refractivity contribution in [3.8, 4) is 11.5 Å². The highest BCUT2D eigenvalue weighted by Gasteiger charge is 2.55. The molecule has 3 fully saturated rings. The predicted octanol–water partition coefficient (Wildman–Crippen LogP) is 2.05. The molecule has 7 nitrogen and oxygen atoms in total. The number of ether oxygens (including phenoxy) is 3. The van der Waals surface area contributed by atoms with Crippen molar-refractivity contribution in [3.63, 3.8) is 0 Å². The number of rotatable bonds is 6. The summed E-state index contributed by atoms with van der Waals surface area (Å²) in [6.45, 7) is 1.98. The maximum absolute atomic E-state index is 13.2. The highest BCUT2D eigenvalue weighted by Crippen LogP contribution is 2.43. The molecular formula is C20H25NO6. The smallest absolute Gasteiger partial charge is 0.311 e. The first-order valence-electron chi connectivity index (χ1n) is 9.45. The zero-order valence-corrected chi connectivity index (χ0v) is 15.5.